The van der Waals surface area contributed by atoms with Crippen LogP contribution in [0.4, 0.5) is 5.69 Å². The highest BCUT2D eigenvalue weighted by atomic mass is 32.1. The topological polar surface area (TPSA) is 97.4 Å². The number of hydrogen-bond acceptors (Lipinski definition) is 4. The number of anilines is 1. The molecule has 0 unspecified atom stereocenters. The fourth-order valence-corrected chi connectivity index (χ4v) is 5.39. The number of primary amides is 1. The van der Waals surface area contributed by atoms with Crippen molar-refractivity contribution in [3.05, 3.63) is 53.0 Å². The molecule has 0 atom stereocenters. The van der Waals surface area contributed by atoms with E-state index < -0.39 is 0 Å². The van der Waals surface area contributed by atoms with Gasteiger partial charge in [-0.25, -0.2) is 0 Å². The van der Waals surface area contributed by atoms with Crippen molar-refractivity contribution in [2.75, 3.05) is 11.4 Å². The quantitative estimate of drug-likeness (QED) is 0.554. The zero-order chi connectivity index (χ0) is 23.5. The van der Waals surface area contributed by atoms with E-state index in [1.165, 1.54) is 0 Å². The van der Waals surface area contributed by atoms with Gasteiger partial charge in [-0.2, -0.15) is 0 Å². The second-order valence-electron chi connectivity index (χ2n) is 8.68. The summed E-state index contributed by atoms with van der Waals surface area (Å²) in [4.78, 5) is 39.6. The Hall–Kier alpha value is -3.13. The number of nitrogens with zero attached hydrogens (tertiary/aromatic N) is 2. The number of thiophene rings is 1. The normalized spacial score (nSPS) is 18.2. The maximum absolute atomic E-state index is 13.3. The number of aromatic nitrogens is 1. The van der Waals surface area contributed by atoms with Crippen LogP contribution in [0.15, 0.2) is 41.8 Å². The summed E-state index contributed by atoms with van der Waals surface area (Å²) in [6.45, 7) is 4.59. The van der Waals surface area contributed by atoms with E-state index in [0.29, 0.717) is 25.1 Å². The second-order valence-corrected chi connectivity index (χ2v) is 9.63. The number of nitrogens with two attached hydrogens (primary N) is 1. The third kappa shape index (κ3) is 4.95. The minimum atomic E-state index is -0.263. The molecular weight excluding hydrogens is 436 g/mol. The summed E-state index contributed by atoms with van der Waals surface area (Å²) in [5.74, 6) is -0.624. The van der Waals surface area contributed by atoms with Crippen LogP contribution in [0.1, 0.15) is 48.7 Å². The fraction of sp³-hybridized carbons (Fsp3) is 0.400. The monoisotopic (exact) mass is 466 g/mol. The van der Waals surface area contributed by atoms with Crippen LogP contribution in [0.3, 0.4) is 0 Å². The maximum atomic E-state index is 13.3. The van der Waals surface area contributed by atoms with Crippen molar-refractivity contribution < 1.29 is 14.4 Å². The van der Waals surface area contributed by atoms with Gasteiger partial charge in [-0.1, -0.05) is 17.7 Å². The van der Waals surface area contributed by atoms with Gasteiger partial charge in [0.1, 0.15) is 12.2 Å². The van der Waals surface area contributed by atoms with Gasteiger partial charge >= 0.3 is 0 Å². The van der Waals surface area contributed by atoms with Gasteiger partial charge in [0.15, 0.2) is 0 Å². The van der Waals surface area contributed by atoms with Crippen LogP contribution in [0.2, 0.25) is 0 Å². The van der Waals surface area contributed by atoms with Gasteiger partial charge in [-0.3, -0.25) is 14.4 Å². The highest BCUT2D eigenvalue weighted by Crippen LogP contribution is 2.28. The first-order valence-electron chi connectivity index (χ1n) is 11.4. The minimum absolute atomic E-state index is 0.00452. The van der Waals surface area contributed by atoms with Gasteiger partial charge in [-0.15, -0.1) is 11.3 Å². The lowest BCUT2D eigenvalue weighted by Gasteiger charge is -2.27. The van der Waals surface area contributed by atoms with Crippen LogP contribution in [0, 0.1) is 12.8 Å². The zero-order valence-electron chi connectivity index (χ0n) is 19.0. The number of hydrogen-bond donors (Lipinski definition) is 2. The van der Waals surface area contributed by atoms with Gasteiger partial charge in [0, 0.05) is 24.2 Å². The lowest BCUT2D eigenvalue weighted by molar-refractivity contribution is -0.122. The highest BCUT2D eigenvalue weighted by molar-refractivity contribution is 7.17. The van der Waals surface area contributed by atoms with E-state index in [1.807, 2.05) is 60.2 Å². The first-order valence-corrected chi connectivity index (χ1v) is 12.3. The number of amides is 3. The molecule has 4 rings (SSSR count). The van der Waals surface area contributed by atoms with Crippen molar-refractivity contribution in [1.29, 1.82) is 0 Å². The molecule has 8 heteroatoms. The molecule has 3 aromatic rings. The number of likely N-dealkylation sites (N-methyl/N-ethyl adjacent to an activating group) is 1. The maximum Gasteiger partial charge on any atom is 0.268 e. The predicted molar refractivity (Wildman–Crippen MR) is 131 cm³/mol. The van der Waals surface area contributed by atoms with E-state index in [9.17, 15) is 14.4 Å². The molecule has 1 fully saturated rings. The molecule has 1 aliphatic carbocycles. The third-order valence-electron chi connectivity index (χ3n) is 6.48. The number of carbonyl (C=O) groups excluding carboxylic acids is 3. The number of aryl methyl sites for hydroxylation is 1. The molecule has 1 saturated carbocycles. The zero-order valence-corrected chi connectivity index (χ0v) is 19.9. The molecule has 2 aromatic heterocycles. The summed E-state index contributed by atoms with van der Waals surface area (Å²) in [5, 5.41) is 5.08. The van der Waals surface area contributed by atoms with E-state index in [0.717, 1.165) is 34.3 Å². The summed E-state index contributed by atoms with van der Waals surface area (Å²) < 4.78 is 2.79. The summed E-state index contributed by atoms with van der Waals surface area (Å²) in [5.41, 5.74) is 8.78. The van der Waals surface area contributed by atoms with Crippen molar-refractivity contribution >= 4 is 45.0 Å². The van der Waals surface area contributed by atoms with E-state index in [2.05, 4.69) is 5.32 Å². The molecule has 33 heavy (non-hydrogen) atoms. The van der Waals surface area contributed by atoms with Crippen LogP contribution in [-0.2, 0) is 16.1 Å². The number of nitrogens with one attached hydrogen (secondary N) is 1. The van der Waals surface area contributed by atoms with E-state index >= 15 is 0 Å². The third-order valence-corrected chi connectivity index (χ3v) is 7.33. The molecule has 1 aromatic carbocycles. The van der Waals surface area contributed by atoms with Crippen molar-refractivity contribution in [2.45, 2.75) is 52.1 Å². The molecule has 3 N–H and O–H groups in total. The fourth-order valence-electron chi connectivity index (χ4n) is 4.57. The van der Waals surface area contributed by atoms with Gasteiger partial charge in [-0.05, 0) is 69.2 Å². The number of rotatable bonds is 7. The van der Waals surface area contributed by atoms with E-state index in [4.69, 9.17) is 5.73 Å². The van der Waals surface area contributed by atoms with Crippen molar-refractivity contribution in [1.82, 2.24) is 9.88 Å². The van der Waals surface area contributed by atoms with Crippen molar-refractivity contribution in [3.63, 3.8) is 0 Å². The Morgan fingerprint density at radius 1 is 1.12 bits per heavy atom. The Bertz CT molecular complexity index is 1160. The SMILES string of the molecule is CCN(C(=O)Cn1c(C(=O)N[C@H]2CC[C@H](C(N)=O)CC2)cc2sccc21)c1ccc(C)cc1. The first-order chi connectivity index (χ1) is 15.9. The number of carbonyl (C=O) groups is 3. The minimum Gasteiger partial charge on any atom is -0.369 e. The molecule has 7 nitrogen and oxygen atoms in total. The van der Waals surface area contributed by atoms with Crippen molar-refractivity contribution in [2.24, 2.45) is 11.7 Å². The lowest BCUT2D eigenvalue weighted by Crippen LogP contribution is -2.41. The Balaban J connectivity index is 1.52. The highest BCUT2D eigenvalue weighted by Gasteiger charge is 2.27. The van der Waals surface area contributed by atoms with Crippen LogP contribution in [0.5, 0.6) is 0 Å². The Kier molecular flexibility index (Phi) is 6.83. The summed E-state index contributed by atoms with van der Waals surface area (Å²) >= 11 is 1.55. The van der Waals surface area contributed by atoms with Gasteiger partial charge in [0.05, 0.1) is 10.2 Å². The van der Waals surface area contributed by atoms with Gasteiger partial charge in [0.2, 0.25) is 11.8 Å². The molecule has 3 amide bonds. The smallest absolute Gasteiger partial charge is 0.268 e. The largest absolute Gasteiger partial charge is 0.369 e. The molecule has 1 aliphatic rings. The van der Waals surface area contributed by atoms with Crippen LogP contribution in [0.25, 0.3) is 10.2 Å². The molecule has 0 radical (unpaired) electrons. The van der Waals surface area contributed by atoms with Gasteiger partial charge in [0.25, 0.3) is 5.91 Å². The van der Waals surface area contributed by atoms with Crippen LogP contribution < -0.4 is 16.0 Å². The summed E-state index contributed by atoms with van der Waals surface area (Å²) in [7, 11) is 0. The molecule has 174 valence electrons. The molecule has 0 bridgehead atoms. The molecule has 0 saturated heterocycles. The number of benzene rings is 1. The first kappa shape index (κ1) is 23.0. The summed E-state index contributed by atoms with van der Waals surface area (Å²) in [6, 6.07) is 11.7. The average molecular weight is 467 g/mol. The Morgan fingerprint density at radius 2 is 1.82 bits per heavy atom. The van der Waals surface area contributed by atoms with Gasteiger partial charge < -0.3 is 20.5 Å². The molecule has 0 spiro atoms. The predicted octanol–water partition coefficient (Wildman–Crippen LogP) is 3.84. The number of fused-ring (bicyclic) bond motifs is 1. The molecule has 2 heterocycles. The Labute approximate surface area is 197 Å². The Morgan fingerprint density at radius 3 is 2.45 bits per heavy atom. The van der Waals surface area contributed by atoms with Crippen LogP contribution >= 0.6 is 11.3 Å². The van der Waals surface area contributed by atoms with E-state index in [1.54, 1.807) is 16.2 Å². The summed E-state index contributed by atoms with van der Waals surface area (Å²) in [6.07, 6.45) is 2.84. The second kappa shape index (κ2) is 9.79. The standard InChI is InChI=1S/C25H30N4O3S/c1-3-28(19-10-4-16(2)5-11-19)23(30)15-29-20-12-13-33-22(20)14-21(29)25(32)27-18-8-6-17(7-9-18)24(26)31/h4-5,10-14,17-18H,3,6-9,15H2,1-2H3,(H2,26,31)(H,27,32)/t17-,18-. The molecular formula is C25H30N4O3S. The van der Waals surface area contributed by atoms with E-state index in [-0.39, 0.29) is 36.2 Å². The lowest BCUT2D eigenvalue weighted by atomic mass is 9.85. The molecule has 0 aliphatic heterocycles. The van der Waals surface area contributed by atoms with Crippen molar-refractivity contribution in [3.8, 4) is 0 Å². The average Bonchev–Trinajstić information content (AvgIpc) is 3.38. The van der Waals surface area contributed by atoms with Crippen LogP contribution in [-0.4, -0.2) is 34.9 Å².